The Labute approximate surface area is 135 Å². The number of rotatable bonds is 5. The number of halogens is 1. The molecule has 2 aromatic carbocycles. The molecule has 0 fully saturated rings. The monoisotopic (exact) mass is 307 g/mol. The molecule has 0 saturated carbocycles. The third-order valence-electron chi connectivity index (χ3n) is 3.96. The minimum Gasteiger partial charge on any atom is -0.508 e. The van der Waals surface area contributed by atoms with E-state index in [0.29, 0.717) is 0 Å². The Hall–Kier alpha value is -2.68. The molecule has 2 nitrogen and oxygen atoms in total. The second-order valence-corrected chi connectivity index (χ2v) is 5.68. The lowest BCUT2D eigenvalue weighted by Crippen LogP contribution is -2.07. The highest BCUT2D eigenvalue weighted by atomic mass is 19.1. The summed E-state index contributed by atoms with van der Waals surface area (Å²) in [6, 6.07) is 17.9. The molecule has 1 atom stereocenters. The molecule has 0 aliphatic carbocycles. The smallest absolute Gasteiger partial charge is 0.123 e. The van der Waals surface area contributed by atoms with Crippen LogP contribution in [-0.4, -0.2) is 10.1 Å². The van der Waals surface area contributed by atoms with E-state index in [1.165, 1.54) is 12.1 Å². The molecule has 0 saturated heterocycles. The van der Waals surface area contributed by atoms with Crippen molar-refractivity contribution < 1.29 is 9.50 Å². The van der Waals surface area contributed by atoms with Crippen LogP contribution < -0.4 is 0 Å². The van der Waals surface area contributed by atoms with Crippen LogP contribution in [0, 0.1) is 5.82 Å². The van der Waals surface area contributed by atoms with Gasteiger partial charge < -0.3 is 5.11 Å². The minimum atomic E-state index is -0.224. The number of aromatic nitrogens is 1. The standard InChI is InChI=1S/C20H18FNO/c21-19-7-5-17(6-8-19)18(13-16-2-1-11-22-14-16)12-15-3-9-20(23)10-4-15/h1-11,14,18,23H,12-13H2. The first-order valence-electron chi connectivity index (χ1n) is 7.63. The Bertz CT molecular complexity index is 739. The first-order chi connectivity index (χ1) is 11.2. The van der Waals surface area contributed by atoms with Crippen molar-refractivity contribution in [3.05, 3.63) is 95.6 Å². The van der Waals surface area contributed by atoms with Crippen LogP contribution in [0.4, 0.5) is 4.39 Å². The summed E-state index contributed by atoms with van der Waals surface area (Å²) in [7, 11) is 0. The molecule has 0 spiro atoms. The quantitative estimate of drug-likeness (QED) is 0.753. The molecular formula is C20H18FNO. The van der Waals surface area contributed by atoms with Gasteiger partial charge in [-0.15, -0.1) is 0 Å². The molecule has 1 heterocycles. The fourth-order valence-electron chi connectivity index (χ4n) is 2.76. The first-order valence-corrected chi connectivity index (χ1v) is 7.63. The Kier molecular flexibility index (Phi) is 4.67. The number of hydrogen-bond acceptors (Lipinski definition) is 2. The zero-order chi connectivity index (χ0) is 16.1. The van der Waals surface area contributed by atoms with E-state index in [2.05, 4.69) is 11.1 Å². The molecule has 3 rings (SSSR count). The van der Waals surface area contributed by atoms with Crippen LogP contribution in [0.15, 0.2) is 73.1 Å². The number of benzene rings is 2. The van der Waals surface area contributed by atoms with Crippen LogP contribution in [0.5, 0.6) is 5.75 Å². The van der Waals surface area contributed by atoms with Crippen molar-refractivity contribution >= 4 is 0 Å². The maximum Gasteiger partial charge on any atom is 0.123 e. The Balaban J connectivity index is 1.86. The van der Waals surface area contributed by atoms with E-state index in [1.54, 1.807) is 18.3 Å². The van der Waals surface area contributed by atoms with E-state index in [4.69, 9.17) is 0 Å². The minimum absolute atomic E-state index is 0.224. The molecule has 1 N–H and O–H groups in total. The second kappa shape index (κ2) is 7.05. The summed E-state index contributed by atoms with van der Waals surface area (Å²) in [6.07, 6.45) is 5.28. The van der Waals surface area contributed by atoms with Crippen molar-refractivity contribution in [2.45, 2.75) is 18.8 Å². The van der Waals surface area contributed by atoms with E-state index in [-0.39, 0.29) is 17.5 Å². The lowest BCUT2D eigenvalue weighted by atomic mass is 9.87. The van der Waals surface area contributed by atoms with Gasteiger partial charge in [-0.05, 0) is 65.8 Å². The molecule has 1 aromatic heterocycles. The van der Waals surface area contributed by atoms with Gasteiger partial charge in [-0.25, -0.2) is 4.39 Å². The molecule has 0 aliphatic rings. The zero-order valence-corrected chi connectivity index (χ0v) is 12.7. The normalized spacial score (nSPS) is 12.0. The molecule has 23 heavy (non-hydrogen) atoms. The van der Waals surface area contributed by atoms with Gasteiger partial charge in [-0.3, -0.25) is 4.98 Å². The van der Waals surface area contributed by atoms with Crippen molar-refractivity contribution in [3.8, 4) is 5.75 Å². The molecule has 0 radical (unpaired) electrons. The SMILES string of the molecule is Oc1ccc(CC(Cc2cccnc2)c2ccc(F)cc2)cc1. The van der Waals surface area contributed by atoms with Crippen LogP contribution in [-0.2, 0) is 12.8 Å². The Morgan fingerprint density at radius 3 is 2.22 bits per heavy atom. The van der Waals surface area contributed by atoms with Crippen LogP contribution in [0.1, 0.15) is 22.6 Å². The number of nitrogens with zero attached hydrogens (tertiary/aromatic N) is 1. The highest BCUT2D eigenvalue weighted by Gasteiger charge is 2.14. The average Bonchev–Trinajstić information content (AvgIpc) is 2.58. The Morgan fingerprint density at radius 2 is 1.57 bits per heavy atom. The highest BCUT2D eigenvalue weighted by molar-refractivity contribution is 5.30. The fraction of sp³-hybridized carbons (Fsp3) is 0.150. The zero-order valence-electron chi connectivity index (χ0n) is 12.7. The predicted molar refractivity (Wildman–Crippen MR) is 88.9 cm³/mol. The third-order valence-corrected chi connectivity index (χ3v) is 3.96. The molecule has 0 bridgehead atoms. The van der Waals surface area contributed by atoms with Gasteiger partial charge >= 0.3 is 0 Å². The second-order valence-electron chi connectivity index (χ2n) is 5.68. The maximum atomic E-state index is 13.2. The third kappa shape index (κ3) is 4.16. The van der Waals surface area contributed by atoms with Gasteiger partial charge in [0.2, 0.25) is 0 Å². The number of pyridine rings is 1. The Morgan fingerprint density at radius 1 is 0.870 bits per heavy atom. The summed E-state index contributed by atoms with van der Waals surface area (Å²) in [6.45, 7) is 0. The molecule has 3 aromatic rings. The van der Waals surface area contributed by atoms with Crippen molar-refractivity contribution in [3.63, 3.8) is 0 Å². The first kappa shape index (κ1) is 15.2. The lowest BCUT2D eigenvalue weighted by Gasteiger charge is -2.18. The van der Waals surface area contributed by atoms with E-state index >= 15 is 0 Å². The summed E-state index contributed by atoms with van der Waals surface area (Å²) < 4.78 is 13.2. The molecule has 1 unspecified atom stereocenters. The molecular weight excluding hydrogens is 289 g/mol. The summed E-state index contributed by atoms with van der Waals surface area (Å²) >= 11 is 0. The van der Waals surface area contributed by atoms with Crippen LogP contribution in [0.3, 0.4) is 0 Å². The predicted octanol–water partition coefficient (Wildman–Crippen LogP) is 4.50. The van der Waals surface area contributed by atoms with Crippen molar-refractivity contribution in [2.24, 2.45) is 0 Å². The van der Waals surface area contributed by atoms with Gasteiger partial charge in [0, 0.05) is 12.4 Å². The molecule has 0 amide bonds. The van der Waals surface area contributed by atoms with Gasteiger partial charge in [0.1, 0.15) is 11.6 Å². The van der Waals surface area contributed by atoms with E-state index < -0.39 is 0 Å². The van der Waals surface area contributed by atoms with Gasteiger partial charge in [-0.2, -0.15) is 0 Å². The highest BCUT2D eigenvalue weighted by Crippen LogP contribution is 2.26. The van der Waals surface area contributed by atoms with Crippen LogP contribution in [0.25, 0.3) is 0 Å². The summed E-state index contributed by atoms with van der Waals surface area (Å²) in [4.78, 5) is 4.17. The topological polar surface area (TPSA) is 33.1 Å². The molecule has 3 heteroatoms. The summed E-state index contributed by atoms with van der Waals surface area (Å²) in [5.41, 5.74) is 3.39. The number of hydrogen-bond donors (Lipinski definition) is 1. The maximum absolute atomic E-state index is 13.2. The number of phenolic OH excluding ortho intramolecular Hbond substituents is 1. The largest absolute Gasteiger partial charge is 0.508 e. The van der Waals surface area contributed by atoms with Gasteiger partial charge in [-0.1, -0.05) is 30.3 Å². The van der Waals surface area contributed by atoms with E-state index in [1.807, 2.05) is 36.5 Å². The molecule has 0 aliphatic heterocycles. The summed E-state index contributed by atoms with van der Waals surface area (Å²) in [5.74, 6) is 0.266. The lowest BCUT2D eigenvalue weighted by molar-refractivity contribution is 0.475. The van der Waals surface area contributed by atoms with E-state index in [9.17, 15) is 9.50 Å². The average molecular weight is 307 g/mol. The van der Waals surface area contributed by atoms with Gasteiger partial charge in [0.15, 0.2) is 0 Å². The number of aromatic hydroxyl groups is 1. The van der Waals surface area contributed by atoms with Crippen molar-refractivity contribution in [2.75, 3.05) is 0 Å². The van der Waals surface area contributed by atoms with Crippen molar-refractivity contribution in [1.29, 1.82) is 0 Å². The van der Waals surface area contributed by atoms with Gasteiger partial charge in [0.25, 0.3) is 0 Å². The molecule has 116 valence electrons. The van der Waals surface area contributed by atoms with E-state index in [0.717, 1.165) is 29.5 Å². The van der Waals surface area contributed by atoms with Crippen LogP contribution >= 0.6 is 0 Å². The van der Waals surface area contributed by atoms with Crippen LogP contribution in [0.2, 0.25) is 0 Å². The summed E-state index contributed by atoms with van der Waals surface area (Å²) in [5, 5.41) is 9.42. The fourth-order valence-corrected chi connectivity index (χ4v) is 2.76. The number of phenols is 1. The van der Waals surface area contributed by atoms with Gasteiger partial charge in [0.05, 0.1) is 0 Å². The van der Waals surface area contributed by atoms with Crippen molar-refractivity contribution in [1.82, 2.24) is 4.98 Å².